The van der Waals surface area contributed by atoms with Crippen molar-refractivity contribution in [2.24, 2.45) is 0 Å². The van der Waals surface area contributed by atoms with Crippen LogP contribution < -0.4 is 0 Å². The second-order valence-corrected chi connectivity index (χ2v) is 14.8. The molecule has 1 heterocycles. The van der Waals surface area contributed by atoms with E-state index in [1.807, 2.05) is 12.1 Å². The van der Waals surface area contributed by atoms with E-state index in [9.17, 15) is 0 Å². The van der Waals surface area contributed by atoms with Crippen LogP contribution in [0.25, 0.3) is 45.0 Å². The molecule has 0 fully saturated rings. The van der Waals surface area contributed by atoms with Gasteiger partial charge in [0.05, 0.1) is 22.2 Å². The Kier molecular flexibility index (Phi) is 7.33. The first-order chi connectivity index (χ1) is 27.8. The van der Waals surface area contributed by atoms with Crippen molar-refractivity contribution in [3.8, 4) is 45.0 Å². The first-order valence-corrected chi connectivity index (χ1v) is 19.3. The molecule has 0 spiro atoms. The monoisotopic (exact) mass is 712 g/mol. The minimum Gasteiger partial charge on any atom is -0.228 e. The van der Waals surface area contributed by atoms with Gasteiger partial charge in [0.1, 0.15) is 0 Å². The van der Waals surface area contributed by atoms with Gasteiger partial charge in [-0.2, -0.15) is 0 Å². The van der Waals surface area contributed by atoms with Crippen molar-refractivity contribution in [1.82, 2.24) is 9.97 Å². The predicted molar refractivity (Wildman–Crippen MR) is 228 cm³/mol. The highest BCUT2D eigenvalue weighted by molar-refractivity contribution is 5.91. The zero-order chi connectivity index (χ0) is 37.1. The van der Waals surface area contributed by atoms with Crippen molar-refractivity contribution in [3.05, 3.63) is 263 Å². The van der Waals surface area contributed by atoms with Gasteiger partial charge in [-0.3, -0.25) is 0 Å². The predicted octanol–water partition coefficient (Wildman–Crippen LogP) is 12.5. The van der Waals surface area contributed by atoms with Crippen molar-refractivity contribution < 1.29 is 0 Å². The second-order valence-electron chi connectivity index (χ2n) is 14.8. The van der Waals surface area contributed by atoms with Gasteiger partial charge in [-0.1, -0.05) is 212 Å². The summed E-state index contributed by atoms with van der Waals surface area (Å²) in [6.07, 6.45) is 0. The van der Waals surface area contributed by atoms with Crippen LogP contribution in [0, 0.1) is 0 Å². The molecule has 9 aromatic rings. The Labute approximate surface area is 327 Å². The van der Waals surface area contributed by atoms with Gasteiger partial charge in [-0.05, 0) is 61.7 Å². The number of rotatable bonds is 6. The van der Waals surface area contributed by atoms with E-state index in [2.05, 4.69) is 206 Å². The number of aromatic nitrogens is 2. The molecule has 0 saturated heterocycles. The van der Waals surface area contributed by atoms with Crippen LogP contribution >= 0.6 is 0 Å². The first kappa shape index (κ1) is 32.3. The van der Waals surface area contributed by atoms with E-state index >= 15 is 0 Å². The van der Waals surface area contributed by atoms with Crippen LogP contribution in [0.5, 0.6) is 0 Å². The third-order valence-electron chi connectivity index (χ3n) is 12.1. The van der Waals surface area contributed by atoms with Crippen LogP contribution in [0.3, 0.4) is 0 Å². The van der Waals surface area contributed by atoms with Gasteiger partial charge in [0.15, 0.2) is 5.82 Å². The smallest absolute Gasteiger partial charge is 0.160 e. The Morgan fingerprint density at radius 1 is 0.286 bits per heavy atom. The molecule has 11 rings (SSSR count). The van der Waals surface area contributed by atoms with Crippen LogP contribution in [0.1, 0.15) is 44.5 Å². The van der Waals surface area contributed by atoms with Gasteiger partial charge in [0, 0.05) is 16.7 Å². The van der Waals surface area contributed by atoms with Crippen molar-refractivity contribution in [3.63, 3.8) is 0 Å². The van der Waals surface area contributed by atoms with Gasteiger partial charge in [0.2, 0.25) is 0 Å². The van der Waals surface area contributed by atoms with E-state index in [1.165, 1.54) is 55.6 Å². The van der Waals surface area contributed by atoms with E-state index in [4.69, 9.17) is 9.97 Å². The fraction of sp³-hybridized carbons (Fsp3) is 0.0370. The number of fused-ring (bicyclic) bond motifs is 5. The molecule has 2 atom stereocenters. The molecule has 0 aliphatic heterocycles. The van der Waals surface area contributed by atoms with Crippen LogP contribution in [0.2, 0.25) is 0 Å². The second kappa shape index (κ2) is 12.7. The summed E-state index contributed by atoms with van der Waals surface area (Å²) in [5.41, 5.74) is 16.8. The van der Waals surface area contributed by atoms with Crippen LogP contribution in [-0.4, -0.2) is 9.97 Å². The maximum atomic E-state index is 5.17. The molecular formula is C54H36N2. The third kappa shape index (κ3) is 4.56. The van der Waals surface area contributed by atoms with E-state index in [1.54, 1.807) is 0 Å². The molecule has 2 aliphatic rings. The number of benzene rings is 8. The normalized spacial score (nSPS) is 17.4. The lowest BCUT2D eigenvalue weighted by molar-refractivity contribution is 0.627. The topological polar surface area (TPSA) is 25.8 Å². The van der Waals surface area contributed by atoms with E-state index < -0.39 is 10.8 Å². The van der Waals surface area contributed by atoms with Crippen LogP contribution in [0.4, 0.5) is 0 Å². The third-order valence-corrected chi connectivity index (χ3v) is 12.1. The van der Waals surface area contributed by atoms with Gasteiger partial charge in [-0.25, -0.2) is 9.97 Å². The molecule has 2 aliphatic carbocycles. The van der Waals surface area contributed by atoms with E-state index in [-0.39, 0.29) is 0 Å². The Morgan fingerprint density at radius 2 is 0.714 bits per heavy atom. The molecule has 0 N–H and O–H groups in total. The van der Waals surface area contributed by atoms with Gasteiger partial charge in [-0.15, -0.1) is 0 Å². The lowest BCUT2D eigenvalue weighted by Gasteiger charge is -2.49. The van der Waals surface area contributed by atoms with Crippen LogP contribution in [-0.2, 0) is 10.8 Å². The fourth-order valence-electron chi connectivity index (χ4n) is 9.81. The summed E-state index contributed by atoms with van der Waals surface area (Å²) in [7, 11) is 0. The molecular weight excluding hydrogens is 677 g/mol. The number of nitrogens with zero attached hydrogens (tertiary/aromatic N) is 2. The maximum Gasteiger partial charge on any atom is 0.160 e. The summed E-state index contributed by atoms with van der Waals surface area (Å²) in [4.78, 5) is 10.3. The molecule has 262 valence electrons. The maximum absolute atomic E-state index is 5.17. The number of hydrogen-bond donors (Lipinski definition) is 0. The SMILES string of the molecule is c1ccc(-c2cc(-c3ccccc3)nc(-c3ccc(C4(c5ccccc5)c5ccccc5C5(c6ccccc6)c6ccccc6-c6cccc4c65)cc3)n2)cc1. The molecule has 2 unspecified atom stereocenters. The molecule has 2 nitrogen and oxygen atoms in total. The minimum absolute atomic E-state index is 0.474. The lowest BCUT2D eigenvalue weighted by atomic mass is 9.52. The van der Waals surface area contributed by atoms with Crippen molar-refractivity contribution in [2.75, 3.05) is 0 Å². The average Bonchev–Trinajstić information content (AvgIpc) is 3.60. The largest absolute Gasteiger partial charge is 0.228 e. The van der Waals surface area contributed by atoms with Crippen molar-refractivity contribution in [1.29, 1.82) is 0 Å². The molecule has 0 saturated carbocycles. The Balaban J connectivity index is 1.18. The van der Waals surface area contributed by atoms with Gasteiger partial charge >= 0.3 is 0 Å². The summed E-state index contributed by atoms with van der Waals surface area (Å²) in [6.45, 7) is 0. The molecule has 56 heavy (non-hydrogen) atoms. The average molecular weight is 713 g/mol. The standard InChI is InChI=1S/C54H36N2/c1-5-18-37(19-6-1)49-36-50(38-20-7-2-8-21-38)56-52(55-49)39-32-34-42(35-33-39)53(40-22-9-3-10-23-40)46-29-15-16-30-47(46)54(41-24-11-4-12-25-41)45-28-14-13-26-43(45)44-27-17-31-48(53)51(44)54/h1-36H. The zero-order valence-electron chi connectivity index (χ0n) is 30.7. The highest BCUT2D eigenvalue weighted by atomic mass is 14.9. The molecule has 8 aromatic carbocycles. The number of hydrogen-bond acceptors (Lipinski definition) is 2. The Bertz CT molecular complexity index is 2830. The fourth-order valence-corrected chi connectivity index (χ4v) is 9.81. The summed E-state index contributed by atoms with van der Waals surface area (Å²) in [5.74, 6) is 0.703. The van der Waals surface area contributed by atoms with Crippen LogP contribution in [0.15, 0.2) is 218 Å². The molecule has 0 amide bonds. The van der Waals surface area contributed by atoms with Gasteiger partial charge in [0.25, 0.3) is 0 Å². The summed E-state index contributed by atoms with van der Waals surface area (Å²) < 4.78 is 0. The Hall–Kier alpha value is -7.16. The molecule has 0 radical (unpaired) electrons. The van der Waals surface area contributed by atoms with Crippen molar-refractivity contribution >= 4 is 0 Å². The van der Waals surface area contributed by atoms with E-state index in [0.29, 0.717) is 5.82 Å². The van der Waals surface area contributed by atoms with E-state index in [0.717, 1.165) is 28.1 Å². The minimum atomic E-state index is -0.607. The highest BCUT2D eigenvalue weighted by Crippen LogP contribution is 2.65. The lowest BCUT2D eigenvalue weighted by Crippen LogP contribution is -2.44. The Morgan fingerprint density at radius 3 is 1.30 bits per heavy atom. The zero-order valence-corrected chi connectivity index (χ0v) is 30.7. The summed E-state index contributed by atoms with van der Waals surface area (Å²) >= 11 is 0. The molecule has 2 heteroatoms. The van der Waals surface area contributed by atoms with Gasteiger partial charge < -0.3 is 0 Å². The summed E-state index contributed by atoms with van der Waals surface area (Å²) in [6, 6.07) is 79.4. The first-order valence-electron chi connectivity index (χ1n) is 19.3. The highest BCUT2D eigenvalue weighted by Gasteiger charge is 2.57. The quantitative estimate of drug-likeness (QED) is 0.172. The molecule has 0 bridgehead atoms. The van der Waals surface area contributed by atoms with Crippen molar-refractivity contribution in [2.45, 2.75) is 10.8 Å². The molecule has 1 aromatic heterocycles. The summed E-state index contributed by atoms with van der Waals surface area (Å²) in [5, 5.41) is 0.